The molecule has 0 aromatic heterocycles. The monoisotopic (exact) mass is 572 g/mol. The van der Waals surface area contributed by atoms with Gasteiger partial charge in [0.1, 0.15) is 11.9 Å². The highest BCUT2D eigenvalue weighted by molar-refractivity contribution is 7.81. The van der Waals surface area contributed by atoms with E-state index >= 15 is 0 Å². The molecule has 2 aromatic rings. The second kappa shape index (κ2) is 15.4. The first-order valence-corrected chi connectivity index (χ1v) is 13.9. The molecular formula is C29H37FN4O5S. The predicted octanol–water partition coefficient (Wildman–Crippen LogP) is 1.69. The quantitative estimate of drug-likeness (QED) is 0.172. The Morgan fingerprint density at radius 1 is 1.05 bits per heavy atom. The first-order chi connectivity index (χ1) is 19.2. The number of amides is 3. The minimum Gasteiger partial charge on any atom is -0.466 e. The molecule has 1 heterocycles. The predicted molar refractivity (Wildman–Crippen MR) is 152 cm³/mol. The lowest BCUT2D eigenvalue weighted by Gasteiger charge is -2.29. The van der Waals surface area contributed by atoms with Gasteiger partial charge >= 0.3 is 5.97 Å². The topological polar surface area (TPSA) is 140 Å². The van der Waals surface area contributed by atoms with E-state index in [1.807, 2.05) is 30.3 Å². The van der Waals surface area contributed by atoms with E-state index in [4.69, 9.17) is 10.5 Å². The highest BCUT2D eigenvalue weighted by Crippen LogP contribution is 2.22. The molecule has 2 aromatic carbocycles. The Hall–Kier alpha value is -3.44. The van der Waals surface area contributed by atoms with Gasteiger partial charge in [0.15, 0.2) is 0 Å². The number of carbonyl (C=O) groups excluding carboxylic acids is 4. The maximum atomic E-state index is 13.6. The lowest BCUT2D eigenvalue weighted by molar-refractivity contribution is -0.143. The fourth-order valence-electron chi connectivity index (χ4n) is 4.61. The Labute approximate surface area is 239 Å². The van der Waals surface area contributed by atoms with Crippen LogP contribution in [0, 0.1) is 11.7 Å². The minimum atomic E-state index is -0.989. The van der Waals surface area contributed by atoms with Crippen LogP contribution in [0.2, 0.25) is 0 Å². The number of rotatable bonds is 14. The van der Waals surface area contributed by atoms with Crippen molar-refractivity contribution in [3.63, 3.8) is 0 Å². The van der Waals surface area contributed by atoms with Crippen molar-refractivity contribution >= 4 is 36.3 Å². The van der Waals surface area contributed by atoms with E-state index in [0.29, 0.717) is 18.5 Å². The third kappa shape index (κ3) is 9.63. The first-order valence-electron chi connectivity index (χ1n) is 13.4. The molecule has 0 saturated carbocycles. The number of benzene rings is 2. The van der Waals surface area contributed by atoms with E-state index in [1.165, 1.54) is 12.1 Å². The van der Waals surface area contributed by atoms with Gasteiger partial charge in [-0.3, -0.25) is 19.2 Å². The summed E-state index contributed by atoms with van der Waals surface area (Å²) in [6.45, 7) is 2.45. The molecule has 1 fully saturated rings. The van der Waals surface area contributed by atoms with Crippen LogP contribution in [0.15, 0.2) is 54.6 Å². The SMILES string of the molecule is CCOC(=O)C[C@H](S)[C@H](C[C@@H]1CCNC1=O)NC(=O)[C@H](Cc1ccccc1)NC(=O)[C@H](N)Cc1ccc(F)cc1. The van der Waals surface area contributed by atoms with Gasteiger partial charge in [-0.2, -0.15) is 12.6 Å². The fraction of sp³-hybridized carbons (Fsp3) is 0.448. The van der Waals surface area contributed by atoms with E-state index in [2.05, 4.69) is 28.6 Å². The number of thiol groups is 1. The van der Waals surface area contributed by atoms with E-state index in [1.54, 1.807) is 19.1 Å². The number of nitrogens with two attached hydrogens (primary N) is 1. The number of ether oxygens (including phenoxy) is 1. The smallest absolute Gasteiger partial charge is 0.306 e. The van der Waals surface area contributed by atoms with E-state index in [-0.39, 0.29) is 44.1 Å². The molecule has 216 valence electrons. The van der Waals surface area contributed by atoms with E-state index < -0.39 is 47.0 Å². The number of halogens is 1. The molecule has 3 amide bonds. The molecule has 0 aliphatic carbocycles. The molecule has 40 heavy (non-hydrogen) atoms. The molecule has 3 rings (SSSR count). The Balaban J connectivity index is 1.76. The summed E-state index contributed by atoms with van der Waals surface area (Å²) in [6.07, 6.45) is 1.17. The molecule has 0 unspecified atom stereocenters. The third-order valence-corrected chi connectivity index (χ3v) is 7.34. The lowest BCUT2D eigenvalue weighted by Crippen LogP contribution is -2.56. The van der Waals surface area contributed by atoms with Gasteiger partial charge in [0, 0.05) is 30.2 Å². The van der Waals surface area contributed by atoms with E-state index in [0.717, 1.165) is 5.56 Å². The summed E-state index contributed by atoms with van der Waals surface area (Å²) in [5.74, 6) is -2.33. The van der Waals surface area contributed by atoms with Crippen molar-refractivity contribution in [3.8, 4) is 0 Å². The Kier molecular flexibility index (Phi) is 12.0. The van der Waals surface area contributed by atoms with Crippen molar-refractivity contribution in [2.75, 3.05) is 13.2 Å². The average molecular weight is 573 g/mol. The van der Waals surface area contributed by atoms with Crippen LogP contribution in [0.3, 0.4) is 0 Å². The summed E-state index contributed by atoms with van der Waals surface area (Å²) in [4.78, 5) is 51.1. The maximum Gasteiger partial charge on any atom is 0.306 e. The molecule has 0 bridgehead atoms. The second-order valence-corrected chi connectivity index (χ2v) is 10.6. The van der Waals surface area contributed by atoms with Crippen LogP contribution in [0.1, 0.15) is 37.3 Å². The fourth-order valence-corrected chi connectivity index (χ4v) is 4.96. The zero-order valence-electron chi connectivity index (χ0n) is 22.5. The molecule has 11 heteroatoms. The average Bonchev–Trinajstić information content (AvgIpc) is 3.33. The van der Waals surface area contributed by atoms with Gasteiger partial charge < -0.3 is 26.4 Å². The van der Waals surface area contributed by atoms with Crippen molar-refractivity contribution in [3.05, 3.63) is 71.5 Å². The van der Waals surface area contributed by atoms with Gasteiger partial charge in [-0.05, 0) is 49.4 Å². The summed E-state index contributed by atoms with van der Waals surface area (Å²) in [5, 5.41) is 7.86. The second-order valence-electron chi connectivity index (χ2n) is 9.89. The Bertz CT molecular complexity index is 1150. The van der Waals surface area contributed by atoms with Crippen LogP contribution >= 0.6 is 12.6 Å². The first kappa shape index (κ1) is 31.1. The van der Waals surface area contributed by atoms with Crippen molar-refractivity contribution < 1.29 is 28.3 Å². The van der Waals surface area contributed by atoms with Crippen molar-refractivity contribution in [2.24, 2.45) is 11.7 Å². The Morgan fingerprint density at radius 2 is 1.73 bits per heavy atom. The van der Waals surface area contributed by atoms with Crippen LogP contribution in [0.4, 0.5) is 4.39 Å². The van der Waals surface area contributed by atoms with Crippen LogP contribution < -0.4 is 21.7 Å². The zero-order valence-corrected chi connectivity index (χ0v) is 23.4. The molecule has 1 saturated heterocycles. The van der Waals surface area contributed by atoms with Crippen molar-refractivity contribution in [1.82, 2.24) is 16.0 Å². The lowest BCUT2D eigenvalue weighted by atomic mass is 9.94. The number of carbonyl (C=O) groups is 4. The highest BCUT2D eigenvalue weighted by atomic mass is 32.1. The molecule has 1 aliphatic heterocycles. The van der Waals surface area contributed by atoms with Gasteiger partial charge in [-0.1, -0.05) is 42.5 Å². The maximum absolute atomic E-state index is 13.6. The van der Waals surface area contributed by atoms with Gasteiger partial charge in [0.05, 0.1) is 19.1 Å². The largest absolute Gasteiger partial charge is 0.466 e. The summed E-state index contributed by atoms with van der Waals surface area (Å²) in [7, 11) is 0. The van der Waals surface area contributed by atoms with Crippen molar-refractivity contribution in [2.45, 2.75) is 62.4 Å². The Morgan fingerprint density at radius 3 is 2.35 bits per heavy atom. The molecular weight excluding hydrogens is 535 g/mol. The van der Waals surface area contributed by atoms with Crippen molar-refractivity contribution in [1.29, 1.82) is 0 Å². The van der Waals surface area contributed by atoms with Crippen LogP contribution in [0.25, 0.3) is 0 Å². The standard InChI is InChI=1S/C29H37FN4O5S/c1-2-39-26(35)17-25(40)23(16-20-12-13-32-27(20)36)33-29(38)24(15-18-6-4-3-5-7-18)34-28(37)22(31)14-19-8-10-21(30)11-9-19/h3-11,20,22-25,40H,2,12-17,31H2,1H3,(H,32,36)(H,33,38)(H,34,37)/t20-,22+,23-,24-,25-/m0/s1. The number of nitrogens with one attached hydrogen (secondary N) is 3. The summed E-state index contributed by atoms with van der Waals surface area (Å²) in [6, 6.07) is 12.3. The highest BCUT2D eigenvalue weighted by Gasteiger charge is 2.34. The molecule has 5 N–H and O–H groups in total. The number of hydrogen-bond donors (Lipinski definition) is 5. The molecule has 0 spiro atoms. The summed E-state index contributed by atoms with van der Waals surface area (Å²) < 4.78 is 18.3. The van der Waals surface area contributed by atoms with Gasteiger partial charge in [-0.25, -0.2) is 4.39 Å². The number of hydrogen-bond acceptors (Lipinski definition) is 7. The molecule has 0 radical (unpaired) electrons. The zero-order chi connectivity index (χ0) is 29.1. The third-order valence-electron chi connectivity index (χ3n) is 6.80. The minimum absolute atomic E-state index is 0.0610. The van der Waals surface area contributed by atoms with E-state index in [9.17, 15) is 23.6 Å². The van der Waals surface area contributed by atoms with Gasteiger partial charge in [0.25, 0.3) is 0 Å². The van der Waals surface area contributed by atoms with Gasteiger partial charge in [-0.15, -0.1) is 0 Å². The van der Waals surface area contributed by atoms with Crippen LogP contribution in [-0.4, -0.2) is 60.2 Å². The summed E-state index contributed by atoms with van der Waals surface area (Å²) >= 11 is 4.59. The summed E-state index contributed by atoms with van der Waals surface area (Å²) in [5.41, 5.74) is 7.64. The molecule has 9 nitrogen and oxygen atoms in total. The number of esters is 1. The molecule has 1 aliphatic rings. The molecule has 5 atom stereocenters. The van der Waals surface area contributed by atoms with Crippen LogP contribution in [0.5, 0.6) is 0 Å². The normalized spacial score (nSPS) is 17.7. The van der Waals surface area contributed by atoms with Gasteiger partial charge in [0.2, 0.25) is 17.7 Å². The van der Waals surface area contributed by atoms with Crippen LogP contribution in [-0.2, 0) is 36.8 Å².